The molecule has 1 aliphatic carbocycles. The fourth-order valence-corrected chi connectivity index (χ4v) is 4.31. The highest BCUT2D eigenvalue weighted by Crippen LogP contribution is 2.38. The Bertz CT molecular complexity index is 443. The molecule has 1 N–H and O–H groups in total. The number of hydrogen-bond donors (Lipinski definition) is 1. The number of fused-ring (bicyclic) bond motifs is 1. The van der Waals surface area contributed by atoms with Crippen LogP contribution in [0.2, 0.25) is 0 Å². The number of aliphatic carboxylic acids is 1. The van der Waals surface area contributed by atoms with Crippen LogP contribution in [-0.2, 0) is 11.2 Å². The molecule has 3 rings (SSSR count). The summed E-state index contributed by atoms with van der Waals surface area (Å²) in [5.41, 5.74) is 1.47. The molecule has 1 aromatic heterocycles. The number of rotatable bonds is 2. The van der Waals surface area contributed by atoms with Crippen molar-refractivity contribution in [2.45, 2.75) is 38.1 Å². The highest BCUT2D eigenvalue weighted by Gasteiger charge is 2.32. The second-order valence-electron chi connectivity index (χ2n) is 5.38. The molecule has 1 saturated heterocycles. The third-order valence-electron chi connectivity index (χ3n) is 4.26. The van der Waals surface area contributed by atoms with E-state index in [0.29, 0.717) is 6.04 Å². The first-order chi connectivity index (χ1) is 8.75. The number of carboxylic acids is 1. The number of piperidine rings is 1. The molecule has 0 spiro atoms. The maximum atomic E-state index is 11.2. The van der Waals surface area contributed by atoms with Crippen LogP contribution in [0.5, 0.6) is 0 Å². The molecular formula is C14H19NO2S. The van der Waals surface area contributed by atoms with E-state index in [1.165, 1.54) is 29.7 Å². The second kappa shape index (κ2) is 5.02. The van der Waals surface area contributed by atoms with Gasteiger partial charge in [-0.2, -0.15) is 0 Å². The Kier molecular flexibility index (Phi) is 3.39. The van der Waals surface area contributed by atoms with Gasteiger partial charge in [-0.3, -0.25) is 9.69 Å². The molecule has 1 aromatic rings. The average molecular weight is 265 g/mol. The van der Waals surface area contributed by atoms with E-state index in [4.69, 9.17) is 0 Å². The van der Waals surface area contributed by atoms with E-state index >= 15 is 0 Å². The van der Waals surface area contributed by atoms with E-state index in [9.17, 15) is 9.90 Å². The molecule has 1 fully saturated rings. The van der Waals surface area contributed by atoms with Gasteiger partial charge in [-0.05, 0) is 55.7 Å². The first-order valence-electron chi connectivity index (χ1n) is 6.79. The van der Waals surface area contributed by atoms with Crippen molar-refractivity contribution < 1.29 is 9.90 Å². The number of hydrogen-bond acceptors (Lipinski definition) is 3. The molecule has 98 valence electrons. The molecule has 0 bridgehead atoms. The van der Waals surface area contributed by atoms with Crippen LogP contribution < -0.4 is 0 Å². The monoisotopic (exact) mass is 265 g/mol. The van der Waals surface area contributed by atoms with Gasteiger partial charge in [-0.15, -0.1) is 11.3 Å². The van der Waals surface area contributed by atoms with Gasteiger partial charge in [0.15, 0.2) is 0 Å². The third-order valence-corrected chi connectivity index (χ3v) is 5.26. The molecule has 1 aliphatic heterocycles. The summed E-state index contributed by atoms with van der Waals surface area (Å²) >= 11 is 1.86. The Morgan fingerprint density at radius 2 is 2.28 bits per heavy atom. The summed E-state index contributed by atoms with van der Waals surface area (Å²) in [5.74, 6) is -0.788. The number of likely N-dealkylation sites (tertiary alicyclic amines) is 1. The zero-order chi connectivity index (χ0) is 12.5. The molecule has 0 amide bonds. The molecule has 0 saturated carbocycles. The normalized spacial score (nSPS) is 28.9. The summed E-state index contributed by atoms with van der Waals surface area (Å²) in [6.07, 6.45) is 5.50. The quantitative estimate of drug-likeness (QED) is 0.894. The van der Waals surface area contributed by atoms with Crippen LogP contribution in [0.1, 0.15) is 42.2 Å². The lowest BCUT2D eigenvalue weighted by molar-refractivity contribution is -0.144. The fourth-order valence-electron chi connectivity index (χ4n) is 3.33. The van der Waals surface area contributed by atoms with Crippen molar-refractivity contribution in [1.29, 1.82) is 0 Å². The predicted octanol–water partition coefficient (Wildman–Crippen LogP) is 2.92. The minimum atomic E-state index is -0.624. The van der Waals surface area contributed by atoms with E-state index in [1.54, 1.807) is 0 Å². The summed E-state index contributed by atoms with van der Waals surface area (Å²) in [5, 5.41) is 11.4. The maximum absolute atomic E-state index is 11.2. The molecule has 2 aliphatic rings. The minimum absolute atomic E-state index is 0.164. The standard InChI is InChI=1S/C14H19NO2S/c16-14(17)10-3-2-7-15(9-10)12-4-1-5-13-11(12)6-8-18-13/h6,8,10,12H,1-5,7,9H2,(H,16,17). The zero-order valence-corrected chi connectivity index (χ0v) is 11.3. The first kappa shape index (κ1) is 12.2. The second-order valence-corrected chi connectivity index (χ2v) is 6.38. The van der Waals surface area contributed by atoms with Crippen molar-refractivity contribution in [2.24, 2.45) is 5.92 Å². The van der Waals surface area contributed by atoms with E-state index in [0.717, 1.165) is 25.9 Å². The Morgan fingerprint density at radius 3 is 3.11 bits per heavy atom. The van der Waals surface area contributed by atoms with Crippen molar-refractivity contribution >= 4 is 17.3 Å². The van der Waals surface area contributed by atoms with Crippen molar-refractivity contribution in [3.63, 3.8) is 0 Å². The van der Waals surface area contributed by atoms with Crippen LogP contribution in [-0.4, -0.2) is 29.1 Å². The highest BCUT2D eigenvalue weighted by molar-refractivity contribution is 7.10. The van der Waals surface area contributed by atoms with Crippen LogP contribution in [0.15, 0.2) is 11.4 Å². The Balaban J connectivity index is 1.78. The van der Waals surface area contributed by atoms with Crippen molar-refractivity contribution in [2.75, 3.05) is 13.1 Å². The highest BCUT2D eigenvalue weighted by atomic mass is 32.1. The first-order valence-corrected chi connectivity index (χ1v) is 7.67. The van der Waals surface area contributed by atoms with Gasteiger partial charge < -0.3 is 5.11 Å². The molecule has 4 heteroatoms. The Hall–Kier alpha value is -0.870. The van der Waals surface area contributed by atoms with Crippen LogP contribution in [0, 0.1) is 5.92 Å². The maximum Gasteiger partial charge on any atom is 0.307 e. The largest absolute Gasteiger partial charge is 0.481 e. The topological polar surface area (TPSA) is 40.5 Å². The number of nitrogens with zero attached hydrogens (tertiary/aromatic N) is 1. The summed E-state index contributed by atoms with van der Waals surface area (Å²) in [7, 11) is 0. The summed E-state index contributed by atoms with van der Waals surface area (Å²) in [6.45, 7) is 1.79. The zero-order valence-electron chi connectivity index (χ0n) is 10.5. The lowest BCUT2D eigenvalue weighted by Gasteiger charge is -2.39. The number of carbonyl (C=O) groups is 1. The molecular weight excluding hydrogens is 246 g/mol. The van der Waals surface area contributed by atoms with Gasteiger partial charge >= 0.3 is 5.97 Å². The predicted molar refractivity (Wildman–Crippen MR) is 71.9 cm³/mol. The number of carboxylic acid groups (broad SMARTS) is 1. The van der Waals surface area contributed by atoms with Crippen LogP contribution >= 0.6 is 11.3 Å². The van der Waals surface area contributed by atoms with Gasteiger partial charge in [-0.1, -0.05) is 0 Å². The van der Waals surface area contributed by atoms with Gasteiger partial charge in [0, 0.05) is 17.5 Å². The smallest absolute Gasteiger partial charge is 0.307 e. The van der Waals surface area contributed by atoms with Gasteiger partial charge in [0.25, 0.3) is 0 Å². The molecule has 3 nitrogen and oxygen atoms in total. The fraction of sp³-hybridized carbons (Fsp3) is 0.643. The summed E-state index contributed by atoms with van der Waals surface area (Å²) in [4.78, 5) is 15.1. The Labute approximate surface area is 111 Å². The van der Waals surface area contributed by atoms with Crippen molar-refractivity contribution in [1.82, 2.24) is 4.90 Å². The van der Waals surface area contributed by atoms with E-state index in [1.807, 2.05) is 11.3 Å². The molecule has 2 atom stereocenters. The molecule has 0 radical (unpaired) electrons. The van der Waals surface area contributed by atoms with Crippen LogP contribution in [0.25, 0.3) is 0 Å². The third kappa shape index (κ3) is 2.19. The van der Waals surface area contributed by atoms with E-state index in [2.05, 4.69) is 16.3 Å². The molecule has 18 heavy (non-hydrogen) atoms. The average Bonchev–Trinajstić information content (AvgIpc) is 2.87. The van der Waals surface area contributed by atoms with E-state index < -0.39 is 5.97 Å². The molecule has 2 unspecified atom stereocenters. The van der Waals surface area contributed by atoms with Crippen molar-refractivity contribution in [3.8, 4) is 0 Å². The van der Waals surface area contributed by atoms with E-state index in [-0.39, 0.29) is 5.92 Å². The van der Waals surface area contributed by atoms with Gasteiger partial charge in [0.1, 0.15) is 0 Å². The lowest BCUT2D eigenvalue weighted by Crippen LogP contribution is -2.41. The lowest BCUT2D eigenvalue weighted by atomic mass is 9.89. The van der Waals surface area contributed by atoms with Gasteiger partial charge in [0.05, 0.1) is 5.92 Å². The van der Waals surface area contributed by atoms with Crippen molar-refractivity contribution in [3.05, 3.63) is 21.9 Å². The number of thiophene rings is 1. The number of aryl methyl sites for hydroxylation is 1. The molecule has 0 aromatic carbocycles. The molecule has 2 heterocycles. The Morgan fingerprint density at radius 1 is 1.39 bits per heavy atom. The SMILES string of the molecule is O=C(O)C1CCCN(C2CCCc3sccc32)C1. The summed E-state index contributed by atoms with van der Waals surface area (Å²) < 4.78 is 0. The van der Waals surface area contributed by atoms with Gasteiger partial charge in [-0.25, -0.2) is 0 Å². The minimum Gasteiger partial charge on any atom is -0.481 e. The van der Waals surface area contributed by atoms with Crippen LogP contribution in [0.3, 0.4) is 0 Å². The van der Waals surface area contributed by atoms with Gasteiger partial charge in [0.2, 0.25) is 0 Å². The van der Waals surface area contributed by atoms with Crippen LogP contribution in [0.4, 0.5) is 0 Å². The summed E-state index contributed by atoms with van der Waals surface area (Å²) in [6, 6.07) is 2.72.